The van der Waals surface area contributed by atoms with Gasteiger partial charge in [0.15, 0.2) is 0 Å². The highest BCUT2D eigenvalue weighted by Crippen LogP contribution is 2.31. The Morgan fingerprint density at radius 2 is 1.90 bits per heavy atom. The molecule has 0 atom stereocenters. The number of methoxy groups -OCH3 is 1. The number of ether oxygens (including phenoxy) is 2. The average Bonchev–Trinajstić information content (AvgIpc) is 2.48. The third kappa shape index (κ3) is 3.65. The van der Waals surface area contributed by atoms with Crippen molar-refractivity contribution in [2.75, 3.05) is 7.11 Å². The Morgan fingerprint density at radius 3 is 2.52 bits per heavy atom. The van der Waals surface area contributed by atoms with Gasteiger partial charge in [0.1, 0.15) is 22.2 Å². The summed E-state index contributed by atoms with van der Waals surface area (Å²) in [7, 11) is 1.59. The topological polar surface area (TPSA) is 44.5 Å². The molecular weight excluding hydrogens is 306 g/mol. The van der Waals surface area contributed by atoms with E-state index in [1.54, 1.807) is 25.3 Å². The van der Waals surface area contributed by atoms with Crippen LogP contribution < -0.4 is 15.2 Å². The summed E-state index contributed by atoms with van der Waals surface area (Å²) in [5.41, 5.74) is 7.42. The molecule has 0 saturated carbocycles. The summed E-state index contributed by atoms with van der Waals surface area (Å²) in [5.74, 6) is 1.92. The van der Waals surface area contributed by atoms with Gasteiger partial charge in [0.2, 0.25) is 0 Å². The first-order valence-electron chi connectivity index (χ1n) is 6.49. The molecule has 2 rings (SSSR count). The van der Waals surface area contributed by atoms with Crippen molar-refractivity contribution in [1.82, 2.24) is 0 Å². The first kappa shape index (κ1) is 15.6. The van der Waals surface area contributed by atoms with E-state index in [4.69, 9.17) is 39.0 Å². The van der Waals surface area contributed by atoms with Gasteiger partial charge in [-0.05, 0) is 42.3 Å². The fourth-order valence-electron chi connectivity index (χ4n) is 1.93. The smallest absolute Gasteiger partial charge is 0.141 e. The van der Waals surface area contributed by atoms with E-state index in [-0.39, 0.29) is 4.99 Å². The normalized spacial score (nSPS) is 10.2. The summed E-state index contributed by atoms with van der Waals surface area (Å²) in [5, 5.41) is 0.727. The van der Waals surface area contributed by atoms with Gasteiger partial charge in [-0.3, -0.25) is 0 Å². The van der Waals surface area contributed by atoms with Crippen LogP contribution in [0.5, 0.6) is 17.2 Å². The third-order valence-corrected chi connectivity index (χ3v) is 3.67. The van der Waals surface area contributed by atoms with Crippen LogP contribution in [0.4, 0.5) is 0 Å². The van der Waals surface area contributed by atoms with Crippen molar-refractivity contribution in [2.45, 2.75) is 13.3 Å². The molecule has 0 fully saturated rings. The molecule has 5 heteroatoms. The van der Waals surface area contributed by atoms with Crippen LogP contribution in [-0.2, 0) is 6.42 Å². The van der Waals surface area contributed by atoms with Gasteiger partial charge < -0.3 is 15.2 Å². The lowest BCUT2D eigenvalue weighted by molar-refractivity contribution is 0.409. The van der Waals surface area contributed by atoms with E-state index >= 15 is 0 Å². The van der Waals surface area contributed by atoms with Gasteiger partial charge in [0.05, 0.1) is 12.7 Å². The molecule has 0 aliphatic carbocycles. The van der Waals surface area contributed by atoms with Crippen molar-refractivity contribution in [1.29, 1.82) is 0 Å². The van der Waals surface area contributed by atoms with Gasteiger partial charge in [0, 0.05) is 11.1 Å². The maximum Gasteiger partial charge on any atom is 0.141 e. The van der Waals surface area contributed by atoms with Crippen LogP contribution >= 0.6 is 23.8 Å². The molecule has 0 heterocycles. The Labute approximate surface area is 134 Å². The Hall–Kier alpha value is -1.78. The van der Waals surface area contributed by atoms with Crippen molar-refractivity contribution in [2.24, 2.45) is 5.73 Å². The van der Waals surface area contributed by atoms with Crippen molar-refractivity contribution in [3.05, 3.63) is 52.5 Å². The van der Waals surface area contributed by atoms with E-state index in [2.05, 4.69) is 0 Å². The van der Waals surface area contributed by atoms with Gasteiger partial charge in [-0.25, -0.2) is 0 Å². The molecule has 0 aliphatic rings. The maximum absolute atomic E-state index is 6.11. The van der Waals surface area contributed by atoms with Crippen molar-refractivity contribution in [3.8, 4) is 17.2 Å². The molecule has 0 bridgehead atoms. The van der Waals surface area contributed by atoms with E-state index in [1.807, 2.05) is 25.1 Å². The molecule has 0 unspecified atom stereocenters. The molecule has 0 amide bonds. The van der Waals surface area contributed by atoms with Crippen LogP contribution in [-0.4, -0.2) is 12.1 Å². The predicted octanol–water partition coefficient (Wildman–Crippen LogP) is 4.34. The summed E-state index contributed by atoms with van der Waals surface area (Å²) in [6, 6.07) is 10.9. The van der Waals surface area contributed by atoms with Gasteiger partial charge in [-0.15, -0.1) is 0 Å². The van der Waals surface area contributed by atoms with Gasteiger partial charge in [-0.1, -0.05) is 30.7 Å². The molecule has 3 nitrogen and oxygen atoms in total. The van der Waals surface area contributed by atoms with Crippen LogP contribution in [0.25, 0.3) is 0 Å². The van der Waals surface area contributed by atoms with Gasteiger partial charge in [0.25, 0.3) is 0 Å². The first-order valence-corrected chi connectivity index (χ1v) is 7.28. The zero-order valence-corrected chi connectivity index (χ0v) is 13.4. The number of thiocarbonyl (C=S) groups is 1. The fourth-order valence-corrected chi connectivity index (χ4v) is 2.35. The third-order valence-electron chi connectivity index (χ3n) is 3.08. The van der Waals surface area contributed by atoms with Crippen molar-refractivity contribution < 1.29 is 9.47 Å². The highest BCUT2D eigenvalue weighted by atomic mass is 35.5. The molecule has 0 aromatic heterocycles. The number of benzene rings is 2. The summed E-state index contributed by atoms with van der Waals surface area (Å²) < 4.78 is 11.1. The SMILES string of the molecule is CCc1cc(Oc2cc(OC)ccc2C(N)=S)ccc1Cl. The molecule has 21 heavy (non-hydrogen) atoms. The minimum atomic E-state index is 0.275. The van der Waals surface area contributed by atoms with Crippen LogP contribution in [0, 0.1) is 0 Å². The van der Waals surface area contributed by atoms with E-state index in [9.17, 15) is 0 Å². The van der Waals surface area contributed by atoms with Gasteiger partial charge >= 0.3 is 0 Å². The molecule has 2 N–H and O–H groups in total. The minimum Gasteiger partial charge on any atom is -0.497 e. The largest absolute Gasteiger partial charge is 0.497 e. The quantitative estimate of drug-likeness (QED) is 0.832. The van der Waals surface area contributed by atoms with Crippen LogP contribution in [0.1, 0.15) is 18.1 Å². The van der Waals surface area contributed by atoms with Crippen LogP contribution in [0.2, 0.25) is 5.02 Å². The van der Waals surface area contributed by atoms with Crippen molar-refractivity contribution >= 4 is 28.8 Å². The summed E-state index contributed by atoms with van der Waals surface area (Å²) in [6.45, 7) is 2.04. The molecule has 0 saturated heterocycles. The average molecular weight is 322 g/mol. The predicted molar refractivity (Wildman–Crippen MR) is 89.8 cm³/mol. The zero-order valence-electron chi connectivity index (χ0n) is 11.9. The fraction of sp³-hybridized carbons (Fsp3) is 0.188. The van der Waals surface area contributed by atoms with E-state index in [0.717, 1.165) is 17.0 Å². The molecule has 2 aromatic carbocycles. The summed E-state index contributed by atoms with van der Waals surface area (Å²) >= 11 is 11.2. The Bertz CT molecular complexity index is 673. The lowest BCUT2D eigenvalue weighted by atomic mass is 10.1. The molecule has 0 aliphatic heterocycles. The van der Waals surface area contributed by atoms with Crippen LogP contribution in [0.15, 0.2) is 36.4 Å². The molecule has 110 valence electrons. The highest BCUT2D eigenvalue weighted by Gasteiger charge is 2.10. The first-order chi connectivity index (χ1) is 10.0. The van der Waals surface area contributed by atoms with E-state index in [1.165, 1.54) is 0 Å². The number of nitrogens with two attached hydrogens (primary N) is 1. The molecule has 0 spiro atoms. The molecule has 0 radical (unpaired) electrons. The summed E-state index contributed by atoms with van der Waals surface area (Å²) in [4.78, 5) is 0.275. The number of aryl methyl sites for hydroxylation is 1. The Balaban J connectivity index is 2.40. The van der Waals surface area contributed by atoms with Crippen LogP contribution in [0.3, 0.4) is 0 Å². The number of hydrogen-bond donors (Lipinski definition) is 1. The zero-order chi connectivity index (χ0) is 15.4. The second-order valence-corrected chi connectivity index (χ2v) is 5.28. The number of rotatable bonds is 5. The lowest BCUT2D eigenvalue weighted by Crippen LogP contribution is -2.10. The standard InChI is InChI=1S/C16H16ClNO2S/c1-3-10-8-12(5-7-14(10)17)20-15-9-11(19-2)4-6-13(15)16(18)21/h4-9H,3H2,1-2H3,(H2,18,21). The Kier molecular flexibility index (Phi) is 5.04. The number of halogens is 1. The second-order valence-electron chi connectivity index (χ2n) is 4.44. The van der Waals surface area contributed by atoms with Gasteiger partial charge in [-0.2, -0.15) is 0 Å². The highest BCUT2D eigenvalue weighted by molar-refractivity contribution is 7.80. The number of hydrogen-bond acceptors (Lipinski definition) is 3. The maximum atomic E-state index is 6.11. The minimum absolute atomic E-state index is 0.275. The summed E-state index contributed by atoms with van der Waals surface area (Å²) in [6.07, 6.45) is 0.830. The molecular formula is C16H16ClNO2S. The second kappa shape index (κ2) is 6.78. The molecule has 2 aromatic rings. The van der Waals surface area contributed by atoms with E-state index < -0.39 is 0 Å². The Morgan fingerprint density at radius 1 is 1.19 bits per heavy atom. The lowest BCUT2D eigenvalue weighted by Gasteiger charge is -2.13. The van der Waals surface area contributed by atoms with Crippen molar-refractivity contribution in [3.63, 3.8) is 0 Å². The monoisotopic (exact) mass is 321 g/mol. The van der Waals surface area contributed by atoms with E-state index in [0.29, 0.717) is 22.8 Å².